The summed E-state index contributed by atoms with van der Waals surface area (Å²) in [6.45, 7) is 8.44. The Morgan fingerprint density at radius 1 is 0.931 bits per heavy atom. The van der Waals surface area contributed by atoms with Crippen molar-refractivity contribution in [3.63, 3.8) is 0 Å². The van der Waals surface area contributed by atoms with Gasteiger partial charge in [0.25, 0.3) is 5.91 Å². The molecule has 0 heterocycles. The average Bonchev–Trinajstić information content (AvgIpc) is 2.63. The van der Waals surface area contributed by atoms with Gasteiger partial charge in [-0.15, -0.1) is 0 Å². The maximum atomic E-state index is 12.4. The highest BCUT2D eigenvalue weighted by atomic mass is 32.2. The summed E-state index contributed by atoms with van der Waals surface area (Å²) >= 11 is 0. The van der Waals surface area contributed by atoms with Crippen molar-refractivity contribution in [2.24, 2.45) is 0 Å². The molecule has 0 saturated heterocycles. The van der Waals surface area contributed by atoms with Crippen LogP contribution in [0.1, 0.15) is 30.5 Å². The van der Waals surface area contributed by atoms with Crippen molar-refractivity contribution in [2.45, 2.75) is 51.7 Å². The zero-order valence-electron chi connectivity index (χ0n) is 17.1. The Morgan fingerprint density at radius 2 is 1.52 bits per heavy atom. The van der Waals surface area contributed by atoms with Crippen LogP contribution in [0.3, 0.4) is 0 Å². The number of amides is 1. The summed E-state index contributed by atoms with van der Waals surface area (Å²) in [5.74, 6) is -1.34. The van der Waals surface area contributed by atoms with Crippen molar-refractivity contribution >= 4 is 27.6 Å². The second-order valence-electron chi connectivity index (χ2n) is 7.04. The first-order valence-electron chi connectivity index (χ1n) is 9.17. The number of esters is 1. The Bertz CT molecular complexity index is 1000. The molecule has 2 aromatic carbocycles. The number of sulfonamides is 1. The lowest BCUT2D eigenvalue weighted by molar-refractivity contribution is -0.154. The van der Waals surface area contributed by atoms with E-state index in [1.165, 1.54) is 26.0 Å². The molecule has 0 aliphatic heterocycles. The molecule has 2 atom stereocenters. The zero-order valence-corrected chi connectivity index (χ0v) is 18.0. The summed E-state index contributed by atoms with van der Waals surface area (Å²) in [5.41, 5.74) is 3.49. The van der Waals surface area contributed by atoms with Crippen LogP contribution in [-0.4, -0.2) is 32.4 Å². The minimum absolute atomic E-state index is 0.0448. The minimum Gasteiger partial charge on any atom is -0.451 e. The molecule has 0 aliphatic rings. The molecule has 0 aromatic heterocycles. The van der Waals surface area contributed by atoms with Gasteiger partial charge in [-0.05, 0) is 58.4 Å². The van der Waals surface area contributed by atoms with Gasteiger partial charge in [-0.1, -0.05) is 35.4 Å². The van der Waals surface area contributed by atoms with E-state index in [1.807, 2.05) is 32.9 Å². The highest BCUT2D eigenvalue weighted by Crippen LogP contribution is 2.17. The summed E-state index contributed by atoms with van der Waals surface area (Å²) in [6.07, 6.45) is -1.09. The molecule has 0 saturated carbocycles. The van der Waals surface area contributed by atoms with Crippen molar-refractivity contribution < 1.29 is 22.7 Å². The van der Waals surface area contributed by atoms with Crippen molar-refractivity contribution in [2.75, 3.05) is 5.32 Å². The van der Waals surface area contributed by atoms with E-state index in [2.05, 4.69) is 10.0 Å². The van der Waals surface area contributed by atoms with Gasteiger partial charge >= 0.3 is 5.97 Å². The highest BCUT2D eigenvalue weighted by molar-refractivity contribution is 7.89. The number of aryl methyl sites for hydroxylation is 3. The molecule has 2 rings (SSSR count). The van der Waals surface area contributed by atoms with E-state index in [1.54, 1.807) is 18.2 Å². The van der Waals surface area contributed by atoms with Gasteiger partial charge in [0.05, 0.1) is 4.90 Å². The predicted molar refractivity (Wildman–Crippen MR) is 111 cm³/mol. The standard InChI is InChI=1S/C21H26N2O5S/c1-13-6-9-18(10-7-13)29(26,27)23-16(4)21(25)28-17(5)20(24)22-19-11-8-14(2)12-15(19)3/h6-12,16-17,23H,1-5H3,(H,22,24)/t16-,17-/m0/s1. The number of carbonyl (C=O) groups excluding carboxylic acids is 2. The van der Waals surface area contributed by atoms with Crippen LogP contribution in [0.5, 0.6) is 0 Å². The van der Waals surface area contributed by atoms with E-state index in [9.17, 15) is 18.0 Å². The number of nitrogens with one attached hydrogen (secondary N) is 2. The van der Waals surface area contributed by atoms with Crippen LogP contribution in [0.15, 0.2) is 47.4 Å². The minimum atomic E-state index is -3.89. The first-order valence-corrected chi connectivity index (χ1v) is 10.7. The molecule has 0 radical (unpaired) electrons. The number of ether oxygens (including phenoxy) is 1. The Labute approximate surface area is 171 Å². The molecule has 29 heavy (non-hydrogen) atoms. The van der Waals surface area contributed by atoms with E-state index >= 15 is 0 Å². The average molecular weight is 419 g/mol. The number of hydrogen-bond donors (Lipinski definition) is 2. The Kier molecular flexibility index (Phi) is 7.16. The fourth-order valence-electron chi connectivity index (χ4n) is 2.58. The monoisotopic (exact) mass is 418 g/mol. The van der Waals surface area contributed by atoms with Crippen molar-refractivity contribution in [3.05, 3.63) is 59.2 Å². The molecule has 0 unspecified atom stereocenters. The molecular formula is C21H26N2O5S. The Hall–Kier alpha value is -2.71. The fourth-order valence-corrected chi connectivity index (χ4v) is 3.78. The first-order chi connectivity index (χ1) is 13.5. The summed E-state index contributed by atoms with van der Waals surface area (Å²) in [4.78, 5) is 24.6. The maximum absolute atomic E-state index is 12.4. The van der Waals surface area contributed by atoms with E-state index in [4.69, 9.17) is 4.74 Å². The van der Waals surface area contributed by atoms with Gasteiger partial charge in [0.15, 0.2) is 6.10 Å². The molecule has 2 aromatic rings. The van der Waals surface area contributed by atoms with Gasteiger partial charge in [-0.25, -0.2) is 8.42 Å². The molecule has 156 valence electrons. The summed E-state index contributed by atoms with van der Waals surface area (Å²) in [7, 11) is -3.89. The predicted octanol–water partition coefficient (Wildman–Crippen LogP) is 2.85. The van der Waals surface area contributed by atoms with Crippen LogP contribution in [0.4, 0.5) is 5.69 Å². The summed E-state index contributed by atoms with van der Waals surface area (Å²) in [6, 6.07) is 10.6. The number of anilines is 1. The second-order valence-corrected chi connectivity index (χ2v) is 8.76. The van der Waals surface area contributed by atoms with Gasteiger partial charge in [-0.2, -0.15) is 4.72 Å². The van der Waals surface area contributed by atoms with Gasteiger partial charge in [-0.3, -0.25) is 9.59 Å². The summed E-state index contributed by atoms with van der Waals surface area (Å²) in [5, 5.41) is 2.71. The fraction of sp³-hybridized carbons (Fsp3) is 0.333. The number of rotatable bonds is 7. The number of carbonyl (C=O) groups is 2. The molecule has 1 amide bonds. The molecule has 7 nitrogen and oxygen atoms in total. The third-order valence-corrected chi connectivity index (χ3v) is 5.88. The van der Waals surface area contributed by atoms with Crippen LogP contribution in [0, 0.1) is 20.8 Å². The van der Waals surface area contributed by atoms with Crippen LogP contribution >= 0.6 is 0 Å². The molecule has 0 fully saturated rings. The largest absolute Gasteiger partial charge is 0.451 e. The number of benzene rings is 2. The molecule has 2 N–H and O–H groups in total. The van der Waals surface area contributed by atoms with Gasteiger partial charge < -0.3 is 10.1 Å². The molecule has 0 bridgehead atoms. The SMILES string of the molecule is Cc1ccc(S(=O)(=O)N[C@@H](C)C(=O)O[C@@H](C)C(=O)Nc2ccc(C)cc2C)cc1. The molecule has 0 spiro atoms. The molecule has 8 heteroatoms. The van der Waals surface area contributed by atoms with Crippen LogP contribution < -0.4 is 10.0 Å². The quantitative estimate of drug-likeness (QED) is 0.673. The van der Waals surface area contributed by atoms with Gasteiger partial charge in [0.2, 0.25) is 10.0 Å². The van der Waals surface area contributed by atoms with Crippen LogP contribution in [0.2, 0.25) is 0 Å². The van der Waals surface area contributed by atoms with Crippen LogP contribution in [0.25, 0.3) is 0 Å². The second kappa shape index (κ2) is 9.19. The van der Waals surface area contributed by atoms with Crippen molar-refractivity contribution in [3.8, 4) is 0 Å². The Balaban J connectivity index is 1.97. The smallest absolute Gasteiger partial charge is 0.324 e. The lowest BCUT2D eigenvalue weighted by Crippen LogP contribution is -2.42. The first kappa shape index (κ1) is 22.6. The van der Waals surface area contributed by atoms with Crippen molar-refractivity contribution in [1.29, 1.82) is 0 Å². The zero-order chi connectivity index (χ0) is 21.8. The molecule has 0 aliphatic carbocycles. The van der Waals surface area contributed by atoms with E-state index in [-0.39, 0.29) is 4.90 Å². The normalized spacial score (nSPS) is 13.4. The van der Waals surface area contributed by atoms with E-state index in [0.29, 0.717) is 5.69 Å². The van der Waals surface area contributed by atoms with E-state index in [0.717, 1.165) is 16.7 Å². The maximum Gasteiger partial charge on any atom is 0.324 e. The van der Waals surface area contributed by atoms with Gasteiger partial charge in [0, 0.05) is 5.69 Å². The van der Waals surface area contributed by atoms with Crippen molar-refractivity contribution in [1.82, 2.24) is 4.72 Å². The third kappa shape index (κ3) is 6.13. The third-order valence-electron chi connectivity index (χ3n) is 4.32. The van der Waals surface area contributed by atoms with E-state index < -0.39 is 34.0 Å². The van der Waals surface area contributed by atoms with Crippen LogP contribution in [-0.2, 0) is 24.3 Å². The Morgan fingerprint density at radius 3 is 2.10 bits per heavy atom. The summed E-state index contributed by atoms with van der Waals surface area (Å²) < 4.78 is 32.2. The highest BCUT2D eigenvalue weighted by Gasteiger charge is 2.26. The number of hydrogen-bond acceptors (Lipinski definition) is 5. The van der Waals surface area contributed by atoms with Gasteiger partial charge in [0.1, 0.15) is 6.04 Å². The lowest BCUT2D eigenvalue weighted by atomic mass is 10.1. The lowest BCUT2D eigenvalue weighted by Gasteiger charge is -2.18. The topological polar surface area (TPSA) is 102 Å². The molecular weight excluding hydrogens is 392 g/mol.